The Balaban J connectivity index is 1.86. The largest absolute Gasteiger partial charge is 0.407 e. The van der Waals surface area contributed by atoms with Crippen LogP contribution in [0.1, 0.15) is 30.9 Å². The fourth-order valence-electron chi connectivity index (χ4n) is 3.15. The van der Waals surface area contributed by atoms with Crippen LogP contribution in [-0.2, 0) is 14.6 Å². The van der Waals surface area contributed by atoms with Crippen molar-refractivity contribution in [2.24, 2.45) is 0 Å². The first-order valence-electron chi connectivity index (χ1n) is 9.91. The molecule has 1 fully saturated rings. The zero-order valence-corrected chi connectivity index (χ0v) is 18.0. The first-order valence-corrected chi connectivity index (χ1v) is 11.6. The smallest absolute Gasteiger partial charge is 0.336 e. The molecule has 176 valence electrons. The molecule has 1 aliphatic rings. The number of benzene rings is 1. The molecule has 1 aromatic heterocycles. The molecule has 7 nitrogen and oxygen atoms in total. The number of carbonyl (C=O) groups is 1. The molecule has 1 aliphatic carbocycles. The third-order valence-corrected chi connectivity index (χ3v) is 6.83. The molecule has 2 aromatic rings. The standard InChI is InChI=1S/C21H20F4N4O3S/c22-15-6-4-14(5-7-15)18(21(23,24)25)28-16(19(30)29-20(13-26)9-10-20)8-12-33(31,32)17-3-1-2-11-27-17/h1-7,11,16,18,28H,8-10,12H2,(H,29,30)/t16?,18-/m0/s1. The molecule has 1 unspecified atom stereocenters. The fraction of sp³-hybridized carbons (Fsp3) is 0.381. The number of amides is 1. The second-order valence-electron chi connectivity index (χ2n) is 7.70. The van der Waals surface area contributed by atoms with E-state index in [1.54, 1.807) is 0 Å². The molecule has 1 heterocycles. The van der Waals surface area contributed by atoms with Crippen molar-refractivity contribution in [1.82, 2.24) is 15.6 Å². The van der Waals surface area contributed by atoms with E-state index in [2.05, 4.69) is 15.6 Å². The van der Waals surface area contributed by atoms with E-state index in [1.807, 2.05) is 6.07 Å². The average molecular weight is 484 g/mol. The number of nitriles is 1. The van der Waals surface area contributed by atoms with Crippen LogP contribution < -0.4 is 10.6 Å². The Morgan fingerprint density at radius 3 is 2.36 bits per heavy atom. The average Bonchev–Trinajstić information content (AvgIpc) is 3.54. The van der Waals surface area contributed by atoms with Gasteiger partial charge in [-0.3, -0.25) is 10.1 Å². The molecule has 1 saturated carbocycles. The SMILES string of the molecule is N#CC1(NC(=O)C(CCS(=O)(=O)c2ccccn2)N[C@@H](c2ccc(F)cc2)C(F)(F)F)CC1. The second kappa shape index (κ2) is 9.44. The first kappa shape index (κ1) is 24.6. The third-order valence-electron chi connectivity index (χ3n) is 5.17. The highest BCUT2D eigenvalue weighted by atomic mass is 32.2. The van der Waals surface area contributed by atoms with E-state index in [0.717, 1.165) is 24.3 Å². The summed E-state index contributed by atoms with van der Waals surface area (Å²) in [6.07, 6.45) is -3.44. The molecule has 0 saturated heterocycles. The van der Waals surface area contributed by atoms with Gasteiger partial charge in [0.2, 0.25) is 5.91 Å². The summed E-state index contributed by atoms with van der Waals surface area (Å²) in [5, 5.41) is 13.5. The maximum absolute atomic E-state index is 13.8. The maximum atomic E-state index is 13.8. The van der Waals surface area contributed by atoms with Crippen LogP contribution in [0.15, 0.2) is 53.7 Å². The summed E-state index contributed by atoms with van der Waals surface area (Å²) in [6, 6.07) is 5.68. The third kappa shape index (κ3) is 6.27. The molecule has 0 radical (unpaired) electrons. The van der Waals surface area contributed by atoms with Gasteiger partial charge in [0.05, 0.1) is 17.9 Å². The number of rotatable bonds is 9. The molecule has 0 aliphatic heterocycles. The molecule has 1 aromatic carbocycles. The van der Waals surface area contributed by atoms with Gasteiger partial charge in [-0.1, -0.05) is 18.2 Å². The van der Waals surface area contributed by atoms with Gasteiger partial charge in [0, 0.05) is 6.20 Å². The van der Waals surface area contributed by atoms with Crippen molar-refractivity contribution in [3.63, 3.8) is 0 Å². The number of nitrogens with one attached hydrogen (secondary N) is 2. The van der Waals surface area contributed by atoms with Crippen LogP contribution in [0.2, 0.25) is 0 Å². The van der Waals surface area contributed by atoms with Crippen LogP contribution in [0.25, 0.3) is 0 Å². The molecule has 2 N–H and O–H groups in total. The molecule has 2 atom stereocenters. The van der Waals surface area contributed by atoms with Gasteiger partial charge in [-0.05, 0) is 49.1 Å². The number of nitrogens with zero attached hydrogens (tertiary/aromatic N) is 2. The molecular weight excluding hydrogens is 464 g/mol. The molecule has 1 amide bonds. The molecule has 0 spiro atoms. The zero-order valence-electron chi connectivity index (χ0n) is 17.1. The minimum Gasteiger partial charge on any atom is -0.336 e. The number of hydrogen-bond acceptors (Lipinski definition) is 6. The van der Waals surface area contributed by atoms with Crippen molar-refractivity contribution < 1.29 is 30.8 Å². The lowest BCUT2D eigenvalue weighted by molar-refractivity contribution is -0.161. The van der Waals surface area contributed by atoms with Crippen molar-refractivity contribution in [3.05, 3.63) is 60.0 Å². The Bertz CT molecular complexity index is 1130. The molecule has 12 heteroatoms. The van der Waals surface area contributed by atoms with E-state index in [4.69, 9.17) is 0 Å². The highest BCUT2D eigenvalue weighted by Gasteiger charge is 2.47. The van der Waals surface area contributed by atoms with Crippen molar-refractivity contribution in [1.29, 1.82) is 5.26 Å². The lowest BCUT2D eigenvalue weighted by Gasteiger charge is -2.28. The summed E-state index contributed by atoms with van der Waals surface area (Å²) < 4.78 is 79.8. The van der Waals surface area contributed by atoms with Crippen LogP contribution in [0.5, 0.6) is 0 Å². The monoisotopic (exact) mass is 484 g/mol. The van der Waals surface area contributed by atoms with Gasteiger partial charge in [-0.2, -0.15) is 18.4 Å². The van der Waals surface area contributed by atoms with Gasteiger partial charge >= 0.3 is 6.18 Å². The highest BCUT2D eigenvalue weighted by Crippen LogP contribution is 2.36. The van der Waals surface area contributed by atoms with E-state index < -0.39 is 57.5 Å². The quantitative estimate of drug-likeness (QED) is 0.530. The van der Waals surface area contributed by atoms with Crippen LogP contribution in [0.3, 0.4) is 0 Å². The van der Waals surface area contributed by atoms with E-state index in [9.17, 15) is 36.0 Å². The number of carbonyl (C=O) groups excluding carboxylic acids is 1. The van der Waals surface area contributed by atoms with Gasteiger partial charge in [0.1, 0.15) is 17.4 Å². The highest BCUT2D eigenvalue weighted by molar-refractivity contribution is 7.91. The number of hydrogen-bond donors (Lipinski definition) is 2. The predicted octanol–water partition coefficient (Wildman–Crippen LogP) is 2.82. The number of alkyl halides is 3. The summed E-state index contributed by atoms with van der Waals surface area (Å²) in [5.41, 5.74) is -1.52. The van der Waals surface area contributed by atoms with Gasteiger partial charge in [-0.25, -0.2) is 17.8 Å². The normalized spacial score (nSPS) is 16.9. The summed E-state index contributed by atoms with van der Waals surface area (Å²) in [4.78, 5) is 16.5. The van der Waals surface area contributed by atoms with E-state index in [0.29, 0.717) is 12.8 Å². The van der Waals surface area contributed by atoms with Crippen LogP contribution in [0.4, 0.5) is 17.6 Å². The number of sulfone groups is 1. The summed E-state index contributed by atoms with van der Waals surface area (Å²) in [5.74, 6) is -2.33. The van der Waals surface area contributed by atoms with E-state index in [1.165, 1.54) is 24.4 Å². The van der Waals surface area contributed by atoms with Gasteiger partial charge in [0.15, 0.2) is 14.9 Å². The van der Waals surface area contributed by atoms with E-state index in [-0.39, 0.29) is 10.6 Å². The van der Waals surface area contributed by atoms with Crippen LogP contribution in [0, 0.1) is 17.1 Å². The summed E-state index contributed by atoms with van der Waals surface area (Å²) >= 11 is 0. The Kier molecular flexibility index (Phi) is 7.04. The van der Waals surface area contributed by atoms with Crippen molar-refractivity contribution in [2.75, 3.05) is 5.75 Å². The minimum atomic E-state index is -4.87. The topological polar surface area (TPSA) is 112 Å². The molecule has 33 heavy (non-hydrogen) atoms. The number of pyridine rings is 1. The summed E-state index contributed by atoms with van der Waals surface area (Å²) in [7, 11) is -3.99. The van der Waals surface area contributed by atoms with Crippen LogP contribution in [-0.4, -0.2) is 42.8 Å². The van der Waals surface area contributed by atoms with Crippen molar-refractivity contribution in [3.8, 4) is 6.07 Å². The second-order valence-corrected chi connectivity index (χ2v) is 9.76. The van der Waals surface area contributed by atoms with E-state index >= 15 is 0 Å². The lowest BCUT2D eigenvalue weighted by atomic mass is 10.0. The Hall–Kier alpha value is -3.04. The van der Waals surface area contributed by atoms with Gasteiger partial charge < -0.3 is 5.32 Å². The Morgan fingerprint density at radius 2 is 1.85 bits per heavy atom. The molecular formula is C21H20F4N4O3S. The maximum Gasteiger partial charge on any atom is 0.407 e. The number of halogens is 4. The minimum absolute atomic E-state index is 0.272. The lowest BCUT2D eigenvalue weighted by Crippen LogP contribution is -2.52. The summed E-state index contributed by atoms with van der Waals surface area (Å²) in [6.45, 7) is 0. The molecule has 0 bridgehead atoms. The Labute approximate surface area is 187 Å². The predicted molar refractivity (Wildman–Crippen MR) is 109 cm³/mol. The van der Waals surface area contributed by atoms with Crippen molar-refractivity contribution in [2.45, 2.75) is 48.1 Å². The van der Waals surface area contributed by atoms with Gasteiger partial charge in [0.25, 0.3) is 0 Å². The Morgan fingerprint density at radius 1 is 1.18 bits per heavy atom. The molecule has 3 rings (SSSR count). The van der Waals surface area contributed by atoms with Crippen molar-refractivity contribution >= 4 is 15.7 Å². The number of aromatic nitrogens is 1. The van der Waals surface area contributed by atoms with Gasteiger partial charge in [-0.15, -0.1) is 0 Å². The fourth-order valence-corrected chi connectivity index (χ4v) is 4.41. The first-order chi connectivity index (χ1) is 15.5. The van der Waals surface area contributed by atoms with Crippen LogP contribution >= 0.6 is 0 Å². The zero-order chi connectivity index (χ0) is 24.3.